The van der Waals surface area contributed by atoms with Gasteiger partial charge in [-0.2, -0.15) is 0 Å². The van der Waals surface area contributed by atoms with Gasteiger partial charge in [-0.15, -0.1) is 0 Å². The van der Waals surface area contributed by atoms with E-state index in [4.69, 9.17) is 15.2 Å². The number of benzene rings is 1. The lowest BCUT2D eigenvalue weighted by Crippen LogP contribution is -2.42. The highest BCUT2D eigenvalue weighted by molar-refractivity contribution is 5.77. The monoisotopic (exact) mass is 264 g/mol. The van der Waals surface area contributed by atoms with Crippen molar-refractivity contribution < 1.29 is 14.3 Å². The molecule has 5 nitrogen and oxygen atoms in total. The topological polar surface area (TPSA) is 64.8 Å². The van der Waals surface area contributed by atoms with Crippen molar-refractivity contribution in [3.05, 3.63) is 24.3 Å². The first kappa shape index (κ1) is 13.7. The molecule has 1 amide bonds. The van der Waals surface area contributed by atoms with Gasteiger partial charge < -0.3 is 20.1 Å². The van der Waals surface area contributed by atoms with Crippen LogP contribution in [0.5, 0.6) is 5.75 Å². The maximum Gasteiger partial charge on any atom is 0.260 e. The smallest absolute Gasteiger partial charge is 0.260 e. The third kappa shape index (κ3) is 3.86. The molecule has 2 N–H and O–H groups in total. The van der Waals surface area contributed by atoms with E-state index >= 15 is 0 Å². The molecule has 0 unspecified atom stereocenters. The number of nitrogens with zero attached hydrogens (tertiary/aromatic N) is 1. The summed E-state index contributed by atoms with van der Waals surface area (Å²) < 4.78 is 10.7. The van der Waals surface area contributed by atoms with Gasteiger partial charge >= 0.3 is 0 Å². The highest BCUT2D eigenvalue weighted by atomic mass is 16.5. The van der Waals surface area contributed by atoms with Crippen molar-refractivity contribution in [3.63, 3.8) is 0 Å². The molecule has 1 heterocycles. The van der Waals surface area contributed by atoms with Gasteiger partial charge in [0.2, 0.25) is 0 Å². The molecule has 0 spiro atoms. The lowest BCUT2D eigenvalue weighted by atomic mass is 10.1. The third-order valence-corrected chi connectivity index (χ3v) is 3.35. The van der Waals surface area contributed by atoms with Crippen LogP contribution in [-0.4, -0.2) is 43.7 Å². The molecule has 2 rings (SSSR count). The minimum absolute atomic E-state index is 0.0191. The SMILES string of the molecule is CN(C(=O)COc1cccc(N)c1)C1CCOCC1. The van der Waals surface area contributed by atoms with Crippen LogP contribution in [0.15, 0.2) is 24.3 Å². The number of ether oxygens (including phenoxy) is 2. The summed E-state index contributed by atoms with van der Waals surface area (Å²) in [6, 6.07) is 7.34. The van der Waals surface area contributed by atoms with Crippen LogP contribution in [-0.2, 0) is 9.53 Å². The molecule has 1 aliphatic rings. The maximum atomic E-state index is 12.0. The fraction of sp³-hybridized carbons (Fsp3) is 0.500. The van der Waals surface area contributed by atoms with E-state index < -0.39 is 0 Å². The van der Waals surface area contributed by atoms with Gasteiger partial charge in [-0.1, -0.05) is 6.07 Å². The number of nitrogen functional groups attached to an aromatic ring is 1. The Balaban J connectivity index is 1.83. The second-order valence-corrected chi connectivity index (χ2v) is 4.71. The van der Waals surface area contributed by atoms with E-state index in [9.17, 15) is 4.79 Å². The minimum Gasteiger partial charge on any atom is -0.484 e. The number of hydrogen-bond acceptors (Lipinski definition) is 4. The summed E-state index contributed by atoms with van der Waals surface area (Å²) in [7, 11) is 1.82. The van der Waals surface area contributed by atoms with Crippen molar-refractivity contribution in [1.29, 1.82) is 0 Å². The van der Waals surface area contributed by atoms with Crippen molar-refractivity contribution in [2.24, 2.45) is 0 Å². The van der Waals surface area contributed by atoms with Crippen LogP contribution in [0.4, 0.5) is 5.69 Å². The molecule has 0 aromatic heterocycles. The highest BCUT2D eigenvalue weighted by Gasteiger charge is 2.22. The van der Waals surface area contributed by atoms with Gasteiger partial charge in [0.15, 0.2) is 6.61 Å². The van der Waals surface area contributed by atoms with Gasteiger partial charge in [-0.05, 0) is 25.0 Å². The molecule has 1 fully saturated rings. The van der Waals surface area contributed by atoms with E-state index in [1.165, 1.54) is 0 Å². The second kappa shape index (κ2) is 6.43. The molecule has 1 aromatic rings. The molecule has 104 valence electrons. The fourth-order valence-electron chi connectivity index (χ4n) is 2.13. The summed E-state index contributed by atoms with van der Waals surface area (Å²) in [5.74, 6) is 0.600. The Morgan fingerprint density at radius 1 is 1.47 bits per heavy atom. The number of carbonyl (C=O) groups is 1. The van der Waals surface area contributed by atoms with Crippen LogP contribution < -0.4 is 10.5 Å². The summed E-state index contributed by atoms with van der Waals surface area (Å²) in [5, 5.41) is 0. The zero-order valence-electron chi connectivity index (χ0n) is 11.2. The highest BCUT2D eigenvalue weighted by Crippen LogP contribution is 2.16. The minimum atomic E-state index is -0.0191. The predicted molar refractivity (Wildman–Crippen MR) is 73.0 cm³/mol. The van der Waals surface area contributed by atoms with Gasteiger partial charge in [0.25, 0.3) is 5.91 Å². The molecule has 1 aromatic carbocycles. The lowest BCUT2D eigenvalue weighted by molar-refractivity contribution is -0.135. The quantitative estimate of drug-likeness (QED) is 0.832. The number of anilines is 1. The van der Waals surface area contributed by atoms with E-state index in [1.54, 1.807) is 29.2 Å². The van der Waals surface area contributed by atoms with E-state index in [-0.39, 0.29) is 18.6 Å². The van der Waals surface area contributed by atoms with Crippen LogP contribution in [0.3, 0.4) is 0 Å². The maximum absolute atomic E-state index is 12.0. The second-order valence-electron chi connectivity index (χ2n) is 4.71. The molecule has 0 atom stereocenters. The lowest BCUT2D eigenvalue weighted by Gasteiger charge is -2.31. The van der Waals surface area contributed by atoms with Gasteiger partial charge in [0, 0.05) is 38.1 Å². The Kier molecular flexibility index (Phi) is 4.63. The molecule has 1 saturated heterocycles. The standard InChI is InChI=1S/C14H20N2O3/c1-16(12-5-7-18-8-6-12)14(17)10-19-13-4-2-3-11(15)9-13/h2-4,9,12H,5-8,10,15H2,1H3. The Morgan fingerprint density at radius 2 is 2.21 bits per heavy atom. The molecule has 5 heteroatoms. The Hall–Kier alpha value is -1.75. The zero-order valence-corrected chi connectivity index (χ0v) is 11.2. The number of amides is 1. The number of hydrogen-bond donors (Lipinski definition) is 1. The summed E-state index contributed by atoms with van der Waals surface area (Å²) in [6.07, 6.45) is 1.78. The van der Waals surface area contributed by atoms with Crippen molar-refractivity contribution in [3.8, 4) is 5.75 Å². The number of nitrogens with two attached hydrogens (primary N) is 1. The van der Waals surface area contributed by atoms with Crippen LogP contribution >= 0.6 is 0 Å². The normalized spacial score (nSPS) is 16.1. The molecule has 0 radical (unpaired) electrons. The first-order valence-corrected chi connectivity index (χ1v) is 6.48. The van der Waals surface area contributed by atoms with Crippen molar-refractivity contribution in [2.45, 2.75) is 18.9 Å². The van der Waals surface area contributed by atoms with E-state index in [1.807, 2.05) is 7.05 Å². The van der Waals surface area contributed by atoms with Crippen LogP contribution in [0.2, 0.25) is 0 Å². The van der Waals surface area contributed by atoms with Gasteiger partial charge in [0.1, 0.15) is 5.75 Å². The van der Waals surface area contributed by atoms with E-state index in [0.29, 0.717) is 11.4 Å². The van der Waals surface area contributed by atoms with Crippen LogP contribution in [0, 0.1) is 0 Å². The predicted octanol–water partition coefficient (Wildman–Crippen LogP) is 1.29. The van der Waals surface area contributed by atoms with Gasteiger partial charge in [-0.3, -0.25) is 4.79 Å². The number of rotatable bonds is 4. The Morgan fingerprint density at radius 3 is 2.89 bits per heavy atom. The molecule has 0 bridgehead atoms. The summed E-state index contributed by atoms with van der Waals surface area (Å²) in [4.78, 5) is 13.8. The molecule has 1 aliphatic heterocycles. The Bertz CT molecular complexity index is 430. The Labute approximate surface area is 113 Å². The summed E-state index contributed by atoms with van der Waals surface area (Å²) in [5.41, 5.74) is 6.28. The van der Waals surface area contributed by atoms with Crippen molar-refractivity contribution in [2.75, 3.05) is 32.6 Å². The van der Waals surface area contributed by atoms with Crippen LogP contribution in [0.1, 0.15) is 12.8 Å². The van der Waals surface area contributed by atoms with Crippen molar-refractivity contribution in [1.82, 2.24) is 4.90 Å². The molecular formula is C14H20N2O3. The molecule has 0 aliphatic carbocycles. The molecular weight excluding hydrogens is 244 g/mol. The average Bonchev–Trinajstić information content (AvgIpc) is 2.45. The van der Waals surface area contributed by atoms with E-state index in [2.05, 4.69) is 0 Å². The van der Waals surface area contributed by atoms with Gasteiger partial charge in [-0.25, -0.2) is 0 Å². The first-order chi connectivity index (χ1) is 9.16. The molecule has 19 heavy (non-hydrogen) atoms. The largest absolute Gasteiger partial charge is 0.484 e. The van der Waals surface area contributed by atoms with E-state index in [0.717, 1.165) is 26.1 Å². The number of carbonyl (C=O) groups excluding carboxylic acids is 1. The fourth-order valence-corrected chi connectivity index (χ4v) is 2.13. The summed E-state index contributed by atoms with van der Waals surface area (Å²) in [6.45, 7) is 1.48. The zero-order chi connectivity index (χ0) is 13.7. The molecule has 0 saturated carbocycles. The summed E-state index contributed by atoms with van der Waals surface area (Å²) >= 11 is 0. The van der Waals surface area contributed by atoms with Gasteiger partial charge in [0.05, 0.1) is 0 Å². The van der Waals surface area contributed by atoms with Crippen molar-refractivity contribution >= 4 is 11.6 Å². The average molecular weight is 264 g/mol. The first-order valence-electron chi connectivity index (χ1n) is 6.48. The number of likely N-dealkylation sites (N-methyl/N-ethyl adjacent to an activating group) is 1. The third-order valence-electron chi connectivity index (χ3n) is 3.35. The van der Waals surface area contributed by atoms with Crippen LogP contribution in [0.25, 0.3) is 0 Å².